The highest BCUT2D eigenvalue weighted by Gasteiger charge is 2.35. The number of ether oxygens (including phenoxy) is 1. The lowest BCUT2D eigenvalue weighted by molar-refractivity contribution is 0.0220. The summed E-state index contributed by atoms with van der Waals surface area (Å²) in [6.07, 6.45) is 5.93. The fraction of sp³-hybridized carbons (Fsp3) is 0.429. The van der Waals surface area contributed by atoms with Crippen LogP contribution in [0.2, 0.25) is 10.0 Å². The van der Waals surface area contributed by atoms with Crippen LogP contribution in [0.5, 0.6) is 0 Å². The Morgan fingerprint density at radius 2 is 1.85 bits per heavy atom. The van der Waals surface area contributed by atoms with Gasteiger partial charge in [0.2, 0.25) is 0 Å². The van der Waals surface area contributed by atoms with Crippen molar-refractivity contribution in [3.8, 4) is 0 Å². The van der Waals surface area contributed by atoms with Crippen molar-refractivity contribution in [1.29, 1.82) is 0 Å². The Bertz CT molecular complexity index is 761. The van der Waals surface area contributed by atoms with Crippen LogP contribution in [0.4, 0.5) is 4.39 Å². The molecule has 1 aromatic carbocycles. The monoisotopic (exact) mass is 398 g/mol. The van der Waals surface area contributed by atoms with Crippen molar-refractivity contribution >= 4 is 23.2 Å². The van der Waals surface area contributed by atoms with Crippen molar-refractivity contribution in [2.24, 2.45) is 5.41 Å². The molecule has 0 amide bonds. The summed E-state index contributed by atoms with van der Waals surface area (Å²) in [7, 11) is 1.58. The first-order chi connectivity index (χ1) is 12.0. The molecule has 1 aliphatic carbocycles. The third-order valence-corrected chi connectivity index (χ3v) is 5.36. The Hall–Kier alpha value is -1.29. The van der Waals surface area contributed by atoms with E-state index in [4.69, 9.17) is 27.9 Å². The summed E-state index contributed by atoms with van der Waals surface area (Å²) in [6.45, 7) is 5.87. The zero-order valence-electron chi connectivity index (χ0n) is 15.6. The lowest BCUT2D eigenvalue weighted by Crippen LogP contribution is -2.35. The van der Waals surface area contributed by atoms with Gasteiger partial charge >= 0.3 is 0 Å². The second-order valence-corrected chi connectivity index (χ2v) is 8.47. The third kappa shape index (κ3) is 5.35. The van der Waals surface area contributed by atoms with Gasteiger partial charge in [-0.3, -0.25) is 0 Å². The summed E-state index contributed by atoms with van der Waals surface area (Å²) in [5.41, 5.74) is 0.493. The Balaban J connectivity index is 2.24. The molecular formula is C21H25Cl2FO2. The van der Waals surface area contributed by atoms with Crippen LogP contribution in [0.15, 0.2) is 53.6 Å². The maximum atomic E-state index is 13.6. The first-order valence-electron chi connectivity index (χ1n) is 8.52. The van der Waals surface area contributed by atoms with Crippen LogP contribution < -0.4 is 0 Å². The number of halogens is 3. The van der Waals surface area contributed by atoms with E-state index in [-0.39, 0.29) is 5.83 Å². The minimum atomic E-state index is -0.981. The van der Waals surface area contributed by atoms with Crippen LogP contribution in [0.1, 0.15) is 39.2 Å². The molecule has 0 heterocycles. The molecule has 26 heavy (non-hydrogen) atoms. The molecule has 5 heteroatoms. The zero-order valence-corrected chi connectivity index (χ0v) is 17.1. The van der Waals surface area contributed by atoms with E-state index in [1.807, 2.05) is 19.9 Å². The van der Waals surface area contributed by atoms with Crippen LogP contribution in [-0.2, 0) is 11.2 Å². The van der Waals surface area contributed by atoms with Crippen molar-refractivity contribution in [1.82, 2.24) is 0 Å². The van der Waals surface area contributed by atoms with Gasteiger partial charge in [0.05, 0.1) is 22.8 Å². The van der Waals surface area contributed by atoms with E-state index in [1.165, 1.54) is 12.2 Å². The summed E-state index contributed by atoms with van der Waals surface area (Å²) >= 11 is 12.0. The van der Waals surface area contributed by atoms with E-state index in [0.717, 1.165) is 11.1 Å². The lowest BCUT2D eigenvalue weighted by Gasteiger charge is -2.36. The predicted molar refractivity (Wildman–Crippen MR) is 106 cm³/mol. The zero-order chi connectivity index (χ0) is 19.5. The molecule has 2 nitrogen and oxygen atoms in total. The third-order valence-electron chi connectivity index (χ3n) is 4.62. The molecule has 0 fully saturated rings. The van der Waals surface area contributed by atoms with Crippen LogP contribution >= 0.6 is 23.2 Å². The van der Waals surface area contributed by atoms with Crippen molar-refractivity contribution in [3.63, 3.8) is 0 Å². The molecule has 1 aromatic rings. The van der Waals surface area contributed by atoms with Crippen LogP contribution in [-0.4, -0.2) is 17.8 Å². The molecule has 0 saturated carbocycles. The molecule has 0 saturated heterocycles. The summed E-state index contributed by atoms with van der Waals surface area (Å²) in [4.78, 5) is 0. The summed E-state index contributed by atoms with van der Waals surface area (Å²) < 4.78 is 19.1. The molecule has 2 rings (SSSR count). The van der Waals surface area contributed by atoms with Gasteiger partial charge in [-0.15, -0.1) is 0 Å². The molecule has 142 valence electrons. The highest BCUT2D eigenvalue weighted by atomic mass is 35.5. The number of hydrogen-bond donors (Lipinski definition) is 1. The van der Waals surface area contributed by atoms with E-state index in [9.17, 15) is 9.50 Å². The van der Waals surface area contributed by atoms with Gasteiger partial charge in [-0.1, -0.05) is 43.1 Å². The van der Waals surface area contributed by atoms with Gasteiger partial charge in [-0.25, -0.2) is 4.39 Å². The Morgan fingerprint density at radius 1 is 1.15 bits per heavy atom. The fourth-order valence-electron chi connectivity index (χ4n) is 3.64. The van der Waals surface area contributed by atoms with Gasteiger partial charge in [0.1, 0.15) is 11.6 Å². The number of methoxy groups -OCH3 is 1. The molecule has 1 unspecified atom stereocenters. The molecule has 0 spiro atoms. The Morgan fingerprint density at radius 3 is 2.46 bits per heavy atom. The number of rotatable bonds is 6. The van der Waals surface area contributed by atoms with Gasteiger partial charge in [0, 0.05) is 6.42 Å². The Labute approximate surface area is 165 Å². The highest BCUT2D eigenvalue weighted by Crippen LogP contribution is 2.41. The molecule has 1 aliphatic rings. The van der Waals surface area contributed by atoms with E-state index < -0.39 is 11.0 Å². The van der Waals surface area contributed by atoms with E-state index >= 15 is 0 Å². The largest absolute Gasteiger partial charge is 0.497 e. The molecular weight excluding hydrogens is 374 g/mol. The lowest BCUT2D eigenvalue weighted by atomic mass is 9.72. The maximum absolute atomic E-state index is 13.6. The van der Waals surface area contributed by atoms with Crippen LogP contribution in [0, 0.1) is 5.41 Å². The van der Waals surface area contributed by atoms with E-state index in [2.05, 4.69) is 0 Å². The summed E-state index contributed by atoms with van der Waals surface area (Å²) in [6, 6.07) is 5.37. The normalized spacial score (nSPS) is 17.6. The van der Waals surface area contributed by atoms with Crippen molar-refractivity contribution in [3.05, 3.63) is 69.2 Å². The van der Waals surface area contributed by atoms with Crippen molar-refractivity contribution < 1.29 is 14.2 Å². The van der Waals surface area contributed by atoms with Crippen LogP contribution in [0.3, 0.4) is 0 Å². The predicted octanol–water partition coefficient (Wildman–Crippen LogP) is 6.42. The average molecular weight is 399 g/mol. The first kappa shape index (κ1) is 21.0. The van der Waals surface area contributed by atoms with Gasteiger partial charge < -0.3 is 9.84 Å². The second-order valence-electron chi connectivity index (χ2n) is 7.66. The molecule has 0 aromatic heterocycles. The van der Waals surface area contributed by atoms with Gasteiger partial charge in [0.25, 0.3) is 0 Å². The average Bonchev–Trinajstić information content (AvgIpc) is 2.71. The quantitative estimate of drug-likeness (QED) is 0.598. The standard InChI is InChI=1S/C21H25Cl2FO2/c1-20(2,16-8-6-15(24)7-10-19(16)26-4)13-21(3,25)12-14-5-9-17(22)18(23)11-14/h5-7,9-11,25H,8,12-13H2,1-4H3. The van der Waals surface area contributed by atoms with Crippen LogP contribution in [0.25, 0.3) is 0 Å². The van der Waals surface area contributed by atoms with E-state index in [0.29, 0.717) is 35.1 Å². The smallest absolute Gasteiger partial charge is 0.119 e. The molecule has 0 aliphatic heterocycles. The second kappa shape index (κ2) is 8.16. The summed E-state index contributed by atoms with van der Waals surface area (Å²) in [5.74, 6) is 0.358. The molecule has 0 bridgehead atoms. The van der Waals surface area contributed by atoms with Gasteiger partial charge in [0.15, 0.2) is 0 Å². The first-order valence-corrected chi connectivity index (χ1v) is 9.27. The number of hydrogen-bond acceptors (Lipinski definition) is 2. The van der Waals surface area contributed by atoms with Gasteiger partial charge in [-0.2, -0.15) is 0 Å². The topological polar surface area (TPSA) is 29.5 Å². The number of aliphatic hydroxyl groups is 1. The van der Waals surface area contributed by atoms with Crippen molar-refractivity contribution in [2.45, 2.75) is 45.6 Å². The van der Waals surface area contributed by atoms with E-state index in [1.54, 1.807) is 32.2 Å². The Kier molecular flexibility index (Phi) is 6.60. The number of benzene rings is 1. The molecule has 0 radical (unpaired) electrons. The number of allylic oxidation sites excluding steroid dienone is 5. The van der Waals surface area contributed by atoms with Crippen molar-refractivity contribution in [2.75, 3.05) is 7.11 Å². The molecule has 1 N–H and O–H groups in total. The fourth-order valence-corrected chi connectivity index (χ4v) is 3.96. The minimum Gasteiger partial charge on any atom is -0.497 e. The maximum Gasteiger partial charge on any atom is 0.119 e. The summed E-state index contributed by atoms with van der Waals surface area (Å²) in [5, 5.41) is 12.0. The minimum absolute atomic E-state index is 0.284. The SMILES string of the molecule is COC1=C(C(C)(C)CC(C)(O)Cc2ccc(Cl)c(Cl)c2)CC=C(F)C=C1. The van der Waals surface area contributed by atoms with Gasteiger partial charge in [-0.05, 0) is 66.7 Å². The molecule has 1 atom stereocenters. The highest BCUT2D eigenvalue weighted by molar-refractivity contribution is 6.42.